The van der Waals surface area contributed by atoms with Crippen LogP contribution in [0, 0.1) is 0 Å². The zero-order valence-corrected chi connectivity index (χ0v) is 15.1. The number of benzene rings is 2. The molecule has 2 heteroatoms. The Balaban J connectivity index is 2.38. The van der Waals surface area contributed by atoms with Gasteiger partial charge in [-0.3, -0.25) is 0 Å². The minimum atomic E-state index is -0.0747. The minimum absolute atomic E-state index is 0.0568. The Morgan fingerprint density at radius 3 is 2.17 bits per heavy atom. The average Bonchev–Trinajstić information content (AvgIpc) is 2.48. The second-order valence-corrected chi connectivity index (χ2v) is 7.86. The summed E-state index contributed by atoms with van der Waals surface area (Å²) in [6.07, 6.45) is 0.886. The number of phenolic OH excluding ortho intramolecular Hbond substituents is 1. The van der Waals surface area contributed by atoms with Gasteiger partial charge in [0.15, 0.2) is 0 Å². The molecule has 0 radical (unpaired) electrons. The fraction of sp³-hybridized carbons (Fsp3) is 0.429. The maximum absolute atomic E-state index is 10.1. The van der Waals surface area contributed by atoms with E-state index in [0.717, 1.165) is 17.7 Å². The lowest BCUT2D eigenvalue weighted by Gasteiger charge is -2.28. The molecule has 0 atom stereocenters. The summed E-state index contributed by atoms with van der Waals surface area (Å²) in [7, 11) is 1.72. The molecule has 2 rings (SSSR count). The Kier molecular flexibility index (Phi) is 4.74. The fourth-order valence-electron chi connectivity index (χ4n) is 3.10. The van der Waals surface area contributed by atoms with E-state index in [1.54, 1.807) is 7.11 Å². The van der Waals surface area contributed by atoms with Gasteiger partial charge >= 0.3 is 0 Å². The SMILES string of the molecule is COc1ccccc1C(C)(C)Cc1ccc(O)c(C(C)(C)C)c1. The summed E-state index contributed by atoms with van der Waals surface area (Å²) in [5.74, 6) is 1.30. The van der Waals surface area contributed by atoms with Crippen molar-refractivity contribution >= 4 is 0 Å². The van der Waals surface area contributed by atoms with Crippen LogP contribution in [0.15, 0.2) is 42.5 Å². The maximum atomic E-state index is 10.1. The number of methoxy groups -OCH3 is 1. The third-order valence-corrected chi connectivity index (χ3v) is 4.35. The van der Waals surface area contributed by atoms with Crippen LogP contribution in [0.25, 0.3) is 0 Å². The number of hydrogen-bond acceptors (Lipinski definition) is 2. The van der Waals surface area contributed by atoms with Crippen LogP contribution >= 0.6 is 0 Å². The lowest BCUT2D eigenvalue weighted by atomic mass is 9.77. The molecular weight excluding hydrogens is 284 g/mol. The van der Waals surface area contributed by atoms with E-state index in [4.69, 9.17) is 4.74 Å². The van der Waals surface area contributed by atoms with E-state index in [1.807, 2.05) is 24.3 Å². The highest BCUT2D eigenvalue weighted by molar-refractivity contribution is 5.43. The summed E-state index contributed by atoms with van der Waals surface area (Å²) in [4.78, 5) is 0. The fourth-order valence-corrected chi connectivity index (χ4v) is 3.10. The van der Waals surface area contributed by atoms with Gasteiger partial charge in [0, 0.05) is 5.56 Å². The molecule has 0 saturated heterocycles. The third-order valence-electron chi connectivity index (χ3n) is 4.35. The van der Waals surface area contributed by atoms with Gasteiger partial charge in [-0.1, -0.05) is 65.0 Å². The van der Waals surface area contributed by atoms with Gasteiger partial charge in [-0.05, 0) is 40.5 Å². The molecule has 23 heavy (non-hydrogen) atoms. The van der Waals surface area contributed by atoms with Gasteiger partial charge in [0.2, 0.25) is 0 Å². The zero-order valence-electron chi connectivity index (χ0n) is 15.1. The molecule has 2 nitrogen and oxygen atoms in total. The summed E-state index contributed by atoms with van der Waals surface area (Å²) in [6, 6.07) is 14.1. The molecule has 0 spiro atoms. The highest BCUT2D eigenvalue weighted by atomic mass is 16.5. The number of phenols is 1. The van der Waals surface area contributed by atoms with Gasteiger partial charge in [0.25, 0.3) is 0 Å². The molecular formula is C21H28O2. The molecule has 2 aromatic rings. The van der Waals surface area contributed by atoms with Crippen molar-refractivity contribution in [2.75, 3.05) is 7.11 Å². The molecule has 2 aromatic carbocycles. The first-order valence-corrected chi connectivity index (χ1v) is 8.11. The summed E-state index contributed by atoms with van der Waals surface area (Å²) in [5.41, 5.74) is 3.29. The van der Waals surface area contributed by atoms with Crippen LogP contribution in [0.4, 0.5) is 0 Å². The summed E-state index contributed by atoms with van der Waals surface area (Å²) < 4.78 is 5.53. The van der Waals surface area contributed by atoms with Gasteiger partial charge in [0.05, 0.1) is 7.11 Å². The van der Waals surface area contributed by atoms with Crippen LogP contribution in [0.5, 0.6) is 11.5 Å². The van der Waals surface area contributed by atoms with Crippen molar-refractivity contribution in [2.45, 2.75) is 51.9 Å². The maximum Gasteiger partial charge on any atom is 0.122 e. The second kappa shape index (κ2) is 6.27. The quantitative estimate of drug-likeness (QED) is 0.839. The Labute approximate surface area is 140 Å². The molecule has 0 aliphatic rings. The van der Waals surface area contributed by atoms with E-state index in [2.05, 4.69) is 52.8 Å². The minimum Gasteiger partial charge on any atom is -0.508 e. The molecule has 0 unspecified atom stereocenters. The molecule has 0 saturated carbocycles. The smallest absolute Gasteiger partial charge is 0.122 e. The largest absolute Gasteiger partial charge is 0.508 e. The molecule has 124 valence electrons. The van der Waals surface area contributed by atoms with Gasteiger partial charge in [0.1, 0.15) is 11.5 Å². The third kappa shape index (κ3) is 3.87. The Morgan fingerprint density at radius 2 is 1.57 bits per heavy atom. The summed E-state index contributed by atoms with van der Waals surface area (Å²) in [5, 5.41) is 10.1. The van der Waals surface area contributed by atoms with Gasteiger partial charge in [-0.25, -0.2) is 0 Å². The van der Waals surface area contributed by atoms with Crippen molar-refractivity contribution in [2.24, 2.45) is 0 Å². The van der Waals surface area contributed by atoms with Crippen LogP contribution in [0.2, 0.25) is 0 Å². The number of hydrogen-bond donors (Lipinski definition) is 1. The molecule has 0 aliphatic carbocycles. The van der Waals surface area contributed by atoms with Gasteiger partial charge < -0.3 is 9.84 Å². The van der Waals surface area contributed by atoms with Crippen molar-refractivity contribution in [3.8, 4) is 11.5 Å². The van der Waals surface area contributed by atoms with E-state index in [9.17, 15) is 5.11 Å². The summed E-state index contributed by atoms with van der Waals surface area (Å²) >= 11 is 0. The summed E-state index contributed by atoms with van der Waals surface area (Å²) in [6.45, 7) is 10.8. The highest BCUT2D eigenvalue weighted by Gasteiger charge is 2.26. The van der Waals surface area contributed by atoms with Crippen LogP contribution in [0.3, 0.4) is 0 Å². The van der Waals surface area contributed by atoms with Crippen LogP contribution < -0.4 is 4.74 Å². The number of ether oxygens (including phenoxy) is 1. The molecule has 0 bridgehead atoms. The second-order valence-electron chi connectivity index (χ2n) is 7.86. The lowest BCUT2D eigenvalue weighted by Crippen LogP contribution is -2.22. The topological polar surface area (TPSA) is 29.5 Å². The average molecular weight is 312 g/mol. The van der Waals surface area contributed by atoms with Crippen LogP contribution in [-0.2, 0) is 17.3 Å². The van der Waals surface area contributed by atoms with Gasteiger partial charge in [-0.15, -0.1) is 0 Å². The lowest BCUT2D eigenvalue weighted by molar-refractivity contribution is 0.391. The van der Waals surface area contributed by atoms with Crippen molar-refractivity contribution < 1.29 is 9.84 Å². The monoisotopic (exact) mass is 312 g/mol. The van der Waals surface area contributed by atoms with E-state index in [-0.39, 0.29) is 10.8 Å². The van der Waals surface area contributed by atoms with Crippen LogP contribution in [0.1, 0.15) is 51.3 Å². The molecule has 0 aliphatic heterocycles. The number of rotatable bonds is 4. The van der Waals surface area contributed by atoms with E-state index in [0.29, 0.717) is 5.75 Å². The normalized spacial score (nSPS) is 12.3. The zero-order chi connectivity index (χ0) is 17.3. The standard InChI is InChI=1S/C21H28O2/c1-20(2,3)17-13-15(11-12-18(17)22)14-21(4,5)16-9-7-8-10-19(16)23-6/h7-13,22H,14H2,1-6H3. The first-order chi connectivity index (χ1) is 10.6. The highest BCUT2D eigenvalue weighted by Crippen LogP contribution is 2.36. The van der Waals surface area contributed by atoms with Crippen molar-refractivity contribution in [3.63, 3.8) is 0 Å². The first kappa shape index (κ1) is 17.4. The molecule has 0 heterocycles. The van der Waals surface area contributed by atoms with Crippen molar-refractivity contribution in [3.05, 3.63) is 59.2 Å². The molecule has 1 N–H and O–H groups in total. The predicted molar refractivity (Wildman–Crippen MR) is 96.5 cm³/mol. The van der Waals surface area contributed by atoms with E-state index < -0.39 is 0 Å². The van der Waals surface area contributed by atoms with E-state index in [1.165, 1.54) is 11.1 Å². The first-order valence-electron chi connectivity index (χ1n) is 8.11. The Hall–Kier alpha value is -1.96. The molecule has 0 fully saturated rings. The van der Waals surface area contributed by atoms with Crippen molar-refractivity contribution in [1.82, 2.24) is 0 Å². The van der Waals surface area contributed by atoms with E-state index >= 15 is 0 Å². The van der Waals surface area contributed by atoms with Crippen LogP contribution in [-0.4, -0.2) is 12.2 Å². The number of aromatic hydroxyl groups is 1. The molecule has 0 aromatic heterocycles. The Morgan fingerprint density at radius 1 is 0.913 bits per heavy atom. The Bertz CT molecular complexity index is 678. The van der Waals surface area contributed by atoms with Gasteiger partial charge in [-0.2, -0.15) is 0 Å². The molecule has 0 amide bonds. The number of para-hydroxylation sites is 1. The predicted octanol–water partition coefficient (Wildman–Crippen LogP) is 5.22. The van der Waals surface area contributed by atoms with Crippen molar-refractivity contribution in [1.29, 1.82) is 0 Å².